The van der Waals surface area contributed by atoms with Gasteiger partial charge in [-0.05, 0) is 43.1 Å². The summed E-state index contributed by atoms with van der Waals surface area (Å²) in [6, 6.07) is 6.27. The normalized spacial score (nSPS) is 10.6. The molecule has 0 fully saturated rings. The van der Waals surface area contributed by atoms with Crippen LogP contribution in [0.5, 0.6) is 5.75 Å². The first-order valence-corrected chi connectivity index (χ1v) is 8.28. The van der Waals surface area contributed by atoms with Gasteiger partial charge in [0.15, 0.2) is 0 Å². The third-order valence-electron chi connectivity index (χ3n) is 3.92. The number of ether oxygens (including phenoxy) is 1. The van der Waals surface area contributed by atoms with Crippen molar-refractivity contribution >= 4 is 23.3 Å². The predicted octanol–water partition coefficient (Wildman–Crippen LogP) is 4.83. The molecule has 0 aliphatic carbocycles. The van der Waals surface area contributed by atoms with Gasteiger partial charge in [-0.3, -0.25) is 0 Å². The molecule has 0 unspecified atom stereocenters. The first-order valence-electron chi connectivity index (χ1n) is 8.28. The van der Waals surface area contributed by atoms with Gasteiger partial charge in [-0.25, -0.2) is 0 Å². The molecular formula is C18H29ClN2O. The Morgan fingerprint density at radius 2 is 1.86 bits per heavy atom. The van der Waals surface area contributed by atoms with Crippen LogP contribution in [-0.4, -0.2) is 18.1 Å². The van der Waals surface area contributed by atoms with Crippen LogP contribution in [0.4, 0.5) is 0 Å². The van der Waals surface area contributed by atoms with Crippen molar-refractivity contribution in [3.05, 3.63) is 30.0 Å². The molecule has 2 aromatic rings. The minimum absolute atomic E-state index is 0. The van der Waals surface area contributed by atoms with E-state index in [9.17, 15) is 0 Å². The Hall–Kier alpha value is -1.19. The number of aromatic amines is 1. The van der Waals surface area contributed by atoms with Gasteiger partial charge in [0.05, 0.1) is 6.61 Å². The zero-order valence-electron chi connectivity index (χ0n) is 13.6. The fourth-order valence-electron chi connectivity index (χ4n) is 2.68. The molecule has 0 amide bonds. The third kappa shape index (κ3) is 5.54. The Kier molecular flexibility index (Phi) is 9.02. The number of halogens is 1. The van der Waals surface area contributed by atoms with Crippen molar-refractivity contribution in [2.24, 2.45) is 5.73 Å². The van der Waals surface area contributed by atoms with E-state index in [4.69, 9.17) is 10.5 Å². The summed E-state index contributed by atoms with van der Waals surface area (Å²) in [6.07, 6.45) is 10.7. The van der Waals surface area contributed by atoms with Crippen molar-refractivity contribution in [3.63, 3.8) is 0 Å². The van der Waals surface area contributed by atoms with Crippen molar-refractivity contribution in [2.75, 3.05) is 13.2 Å². The van der Waals surface area contributed by atoms with Crippen molar-refractivity contribution < 1.29 is 4.74 Å². The number of rotatable bonds is 10. The summed E-state index contributed by atoms with van der Waals surface area (Å²) < 4.78 is 5.88. The van der Waals surface area contributed by atoms with E-state index >= 15 is 0 Å². The van der Waals surface area contributed by atoms with Gasteiger partial charge in [-0.15, -0.1) is 12.4 Å². The molecule has 22 heavy (non-hydrogen) atoms. The molecule has 4 heteroatoms. The van der Waals surface area contributed by atoms with E-state index in [1.165, 1.54) is 43.1 Å². The van der Waals surface area contributed by atoms with E-state index in [1.807, 2.05) is 6.07 Å². The Bertz CT molecular complexity index is 539. The van der Waals surface area contributed by atoms with Crippen molar-refractivity contribution in [2.45, 2.75) is 51.9 Å². The summed E-state index contributed by atoms with van der Waals surface area (Å²) in [6.45, 7) is 3.74. The van der Waals surface area contributed by atoms with Gasteiger partial charge >= 0.3 is 0 Å². The zero-order chi connectivity index (χ0) is 14.9. The SMILES string of the molecule is CCCCCCCCOc1ccc2[nH]cc(CCN)c2c1.Cl. The van der Waals surface area contributed by atoms with E-state index in [2.05, 4.69) is 30.2 Å². The monoisotopic (exact) mass is 324 g/mol. The number of nitrogens with two attached hydrogens (primary N) is 1. The van der Waals surface area contributed by atoms with Crippen LogP contribution in [0.15, 0.2) is 24.4 Å². The Balaban J connectivity index is 0.00000242. The number of hydrogen-bond acceptors (Lipinski definition) is 2. The van der Waals surface area contributed by atoms with Crippen molar-refractivity contribution in [3.8, 4) is 5.75 Å². The maximum Gasteiger partial charge on any atom is 0.120 e. The van der Waals surface area contributed by atoms with E-state index in [0.29, 0.717) is 6.54 Å². The first kappa shape index (κ1) is 18.9. The largest absolute Gasteiger partial charge is 0.494 e. The van der Waals surface area contributed by atoms with Gasteiger partial charge in [-0.2, -0.15) is 0 Å². The molecule has 1 aromatic heterocycles. The summed E-state index contributed by atoms with van der Waals surface area (Å²) in [5.74, 6) is 0.967. The highest BCUT2D eigenvalue weighted by atomic mass is 35.5. The van der Waals surface area contributed by atoms with Crippen molar-refractivity contribution in [1.29, 1.82) is 0 Å². The van der Waals surface area contributed by atoms with Gasteiger partial charge < -0.3 is 15.5 Å². The Labute approximate surface area is 140 Å². The smallest absolute Gasteiger partial charge is 0.120 e. The molecule has 2 rings (SSSR count). The van der Waals surface area contributed by atoms with Crippen molar-refractivity contribution in [1.82, 2.24) is 4.98 Å². The molecular weight excluding hydrogens is 296 g/mol. The molecule has 0 spiro atoms. The fourth-order valence-corrected chi connectivity index (χ4v) is 2.68. The number of benzene rings is 1. The van der Waals surface area contributed by atoms with E-state index < -0.39 is 0 Å². The molecule has 3 nitrogen and oxygen atoms in total. The Morgan fingerprint density at radius 3 is 2.64 bits per heavy atom. The first-order chi connectivity index (χ1) is 10.3. The molecule has 0 bridgehead atoms. The molecule has 124 valence electrons. The fraction of sp³-hybridized carbons (Fsp3) is 0.556. The number of nitrogens with one attached hydrogen (secondary N) is 1. The van der Waals surface area contributed by atoms with Crippen LogP contribution < -0.4 is 10.5 Å². The van der Waals surface area contributed by atoms with Crippen LogP contribution in [0.1, 0.15) is 51.0 Å². The number of fused-ring (bicyclic) bond motifs is 1. The van der Waals surface area contributed by atoms with Crippen LogP contribution in [0.3, 0.4) is 0 Å². The maximum atomic E-state index is 5.88. The summed E-state index contributed by atoms with van der Waals surface area (Å²) in [5, 5.41) is 1.24. The van der Waals surface area contributed by atoms with Crippen LogP contribution in [-0.2, 0) is 6.42 Å². The molecule has 0 aliphatic rings. The van der Waals surface area contributed by atoms with Crippen LogP contribution >= 0.6 is 12.4 Å². The quantitative estimate of drug-likeness (QED) is 0.615. The second-order valence-corrected chi connectivity index (χ2v) is 5.68. The molecule has 0 saturated carbocycles. The highest BCUT2D eigenvalue weighted by Crippen LogP contribution is 2.24. The van der Waals surface area contributed by atoms with Gasteiger partial charge in [0.1, 0.15) is 5.75 Å². The average Bonchev–Trinajstić information content (AvgIpc) is 2.89. The zero-order valence-corrected chi connectivity index (χ0v) is 14.4. The van der Waals surface area contributed by atoms with Gasteiger partial charge in [0, 0.05) is 17.1 Å². The lowest BCUT2D eigenvalue weighted by molar-refractivity contribution is 0.305. The summed E-state index contributed by atoms with van der Waals surface area (Å²) in [7, 11) is 0. The molecule has 0 atom stereocenters. The standard InChI is InChI=1S/C18H28N2O.ClH/c1-2-3-4-5-6-7-12-21-16-8-9-18-17(13-16)15(10-11-19)14-20-18;/h8-9,13-14,20H,2-7,10-12,19H2,1H3;1H. The Morgan fingerprint density at radius 1 is 1.09 bits per heavy atom. The predicted molar refractivity (Wildman–Crippen MR) is 97.2 cm³/mol. The summed E-state index contributed by atoms with van der Waals surface area (Å²) in [5.41, 5.74) is 8.09. The van der Waals surface area contributed by atoms with E-state index in [0.717, 1.165) is 30.7 Å². The van der Waals surface area contributed by atoms with Crippen LogP contribution in [0.2, 0.25) is 0 Å². The minimum atomic E-state index is 0. The number of unbranched alkanes of at least 4 members (excludes halogenated alkanes) is 5. The minimum Gasteiger partial charge on any atom is -0.494 e. The maximum absolute atomic E-state index is 5.88. The molecule has 0 aliphatic heterocycles. The highest BCUT2D eigenvalue weighted by molar-refractivity contribution is 5.85. The number of hydrogen-bond donors (Lipinski definition) is 2. The molecule has 3 N–H and O–H groups in total. The number of aromatic nitrogens is 1. The molecule has 1 heterocycles. The average molecular weight is 325 g/mol. The van der Waals surface area contributed by atoms with Gasteiger partial charge in [0.2, 0.25) is 0 Å². The van der Waals surface area contributed by atoms with E-state index in [-0.39, 0.29) is 12.4 Å². The lowest BCUT2D eigenvalue weighted by atomic mass is 10.1. The molecule has 1 aromatic carbocycles. The van der Waals surface area contributed by atoms with E-state index in [1.54, 1.807) is 0 Å². The second kappa shape index (κ2) is 10.5. The summed E-state index contributed by atoms with van der Waals surface area (Å²) in [4.78, 5) is 3.29. The second-order valence-electron chi connectivity index (χ2n) is 5.68. The van der Waals surface area contributed by atoms with Crippen LogP contribution in [0, 0.1) is 0 Å². The topological polar surface area (TPSA) is 51.0 Å². The third-order valence-corrected chi connectivity index (χ3v) is 3.92. The highest BCUT2D eigenvalue weighted by Gasteiger charge is 2.04. The summed E-state index contributed by atoms with van der Waals surface area (Å²) >= 11 is 0. The number of H-pyrrole nitrogens is 1. The van der Waals surface area contributed by atoms with Gasteiger partial charge in [-0.1, -0.05) is 39.0 Å². The van der Waals surface area contributed by atoms with Gasteiger partial charge in [0.25, 0.3) is 0 Å². The lowest BCUT2D eigenvalue weighted by Crippen LogP contribution is -2.02. The lowest BCUT2D eigenvalue weighted by Gasteiger charge is -2.07. The molecule has 0 saturated heterocycles. The van der Waals surface area contributed by atoms with Crippen LogP contribution in [0.25, 0.3) is 10.9 Å². The molecule has 0 radical (unpaired) electrons.